The predicted molar refractivity (Wildman–Crippen MR) is 97.0 cm³/mol. The van der Waals surface area contributed by atoms with Crippen LogP contribution in [0.15, 0.2) is 48.5 Å². The lowest BCUT2D eigenvalue weighted by molar-refractivity contribution is 0.135. The van der Waals surface area contributed by atoms with E-state index >= 15 is 0 Å². The number of hydrogen-bond donors (Lipinski definition) is 2. The normalized spacial score (nSPS) is 24.6. The Hall–Kier alpha value is -2.14. The molecular weight excluding hydrogens is 353 g/mol. The van der Waals surface area contributed by atoms with E-state index in [0.717, 1.165) is 22.3 Å². The summed E-state index contributed by atoms with van der Waals surface area (Å²) in [4.78, 5) is 21.9. The molecule has 0 spiro atoms. The molecule has 1 heterocycles. The lowest BCUT2D eigenvalue weighted by atomic mass is 9.98. The standard InChI is InChI=1S/C19H20NO5P/c21-19(20-18-10-5-11-25-26(18,22)23)24-12-17-15-8-3-1-6-13(15)14-7-2-4-9-16(14)17/h1-4,6-9,17-18H,5,10-12H2,(H,20,21)(H,22,23). The van der Waals surface area contributed by atoms with Crippen LogP contribution < -0.4 is 5.32 Å². The molecule has 26 heavy (non-hydrogen) atoms. The Morgan fingerprint density at radius 2 is 1.77 bits per heavy atom. The van der Waals surface area contributed by atoms with Gasteiger partial charge in [-0.1, -0.05) is 48.5 Å². The van der Waals surface area contributed by atoms with Gasteiger partial charge < -0.3 is 19.5 Å². The highest BCUT2D eigenvalue weighted by Crippen LogP contribution is 2.51. The lowest BCUT2D eigenvalue weighted by Gasteiger charge is -2.27. The molecule has 0 saturated carbocycles. The maximum Gasteiger partial charge on any atom is 0.407 e. The molecule has 1 fully saturated rings. The Balaban J connectivity index is 1.46. The molecule has 136 valence electrons. The minimum Gasteiger partial charge on any atom is -0.449 e. The summed E-state index contributed by atoms with van der Waals surface area (Å²) in [5.41, 5.74) is 4.54. The van der Waals surface area contributed by atoms with Crippen LogP contribution in [0.3, 0.4) is 0 Å². The molecule has 1 saturated heterocycles. The van der Waals surface area contributed by atoms with E-state index in [4.69, 9.17) is 9.26 Å². The number of nitrogens with one attached hydrogen (secondary N) is 1. The van der Waals surface area contributed by atoms with Crippen molar-refractivity contribution >= 4 is 13.7 Å². The molecule has 2 N–H and O–H groups in total. The highest BCUT2D eigenvalue weighted by atomic mass is 31.2. The van der Waals surface area contributed by atoms with E-state index in [1.54, 1.807) is 0 Å². The molecule has 6 nitrogen and oxygen atoms in total. The molecule has 1 aliphatic carbocycles. The molecule has 2 aromatic rings. The first kappa shape index (κ1) is 17.3. The van der Waals surface area contributed by atoms with E-state index in [0.29, 0.717) is 12.8 Å². The van der Waals surface area contributed by atoms with Crippen LogP contribution in [0.25, 0.3) is 11.1 Å². The Labute approximate surface area is 151 Å². The van der Waals surface area contributed by atoms with Gasteiger partial charge in [0.25, 0.3) is 0 Å². The fourth-order valence-corrected chi connectivity index (χ4v) is 5.00. The zero-order valence-electron chi connectivity index (χ0n) is 14.1. The highest BCUT2D eigenvalue weighted by Gasteiger charge is 2.37. The summed E-state index contributed by atoms with van der Waals surface area (Å²) in [6.45, 7) is 0.403. The van der Waals surface area contributed by atoms with E-state index in [-0.39, 0.29) is 19.1 Å². The first-order valence-electron chi connectivity index (χ1n) is 8.65. The fourth-order valence-electron chi connectivity index (χ4n) is 3.66. The summed E-state index contributed by atoms with van der Waals surface area (Å²) in [6.07, 6.45) is 0.327. The maximum atomic E-state index is 12.2. The second-order valence-electron chi connectivity index (χ2n) is 6.53. The Morgan fingerprint density at radius 3 is 2.38 bits per heavy atom. The van der Waals surface area contributed by atoms with Gasteiger partial charge in [0, 0.05) is 5.92 Å². The molecule has 0 radical (unpaired) electrons. The number of hydrogen-bond acceptors (Lipinski definition) is 4. The third-order valence-corrected chi connectivity index (χ3v) is 6.65. The predicted octanol–water partition coefficient (Wildman–Crippen LogP) is 3.85. The Bertz CT molecular complexity index is 838. The minimum atomic E-state index is -3.82. The molecule has 0 bridgehead atoms. The summed E-state index contributed by atoms with van der Waals surface area (Å²) in [5.74, 6) is -0.955. The van der Waals surface area contributed by atoms with Gasteiger partial charge in [0.15, 0.2) is 0 Å². The average molecular weight is 373 g/mol. The molecule has 2 aliphatic rings. The van der Waals surface area contributed by atoms with Crippen LogP contribution >= 0.6 is 7.60 Å². The second-order valence-corrected chi connectivity index (χ2v) is 8.54. The van der Waals surface area contributed by atoms with Gasteiger partial charge in [-0.2, -0.15) is 0 Å². The second kappa shape index (κ2) is 6.88. The first-order valence-corrected chi connectivity index (χ1v) is 10.3. The zero-order chi connectivity index (χ0) is 18.1. The number of alkyl carbamates (subject to hydrolysis) is 1. The summed E-state index contributed by atoms with van der Waals surface area (Å²) in [6, 6.07) is 16.1. The zero-order valence-corrected chi connectivity index (χ0v) is 15.0. The summed E-state index contributed by atoms with van der Waals surface area (Å²) >= 11 is 0. The SMILES string of the molecule is O=C(NC1CCCOP1(=O)O)OCC1c2ccccc2-c2ccccc21. The third-order valence-electron chi connectivity index (χ3n) is 4.92. The number of fused-ring (bicyclic) bond motifs is 3. The van der Waals surface area contributed by atoms with Gasteiger partial charge in [-0.05, 0) is 35.1 Å². The molecule has 7 heteroatoms. The molecule has 4 rings (SSSR count). The summed E-state index contributed by atoms with van der Waals surface area (Å²) in [7, 11) is -3.82. The number of carbonyl (C=O) groups excluding carboxylic acids is 1. The van der Waals surface area contributed by atoms with E-state index in [9.17, 15) is 14.3 Å². The van der Waals surface area contributed by atoms with E-state index < -0.39 is 19.5 Å². The van der Waals surface area contributed by atoms with Crippen LogP contribution in [0.1, 0.15) is 29.9 Å². The van der Waals surface area contributed by atoms with Crippen molar-refractivity contribution in [2.45, 2.75) is 24.5 Å². The van der Waals surface area contributed by atoms with Crippen molar-refractivity contribution in [2.24, 2.45) is 0 Å². The van der Waals surface area contributed by atoms with Gasteiger partial charge in [-0.25, -0.2) is 4.79 Å². The molecule has 1 amide bonds. The van der Waals surface area contributed by atoms with Crippen molar-refractivity contribution in [1.29, 1.82) is 0 Å². The molecule has 0 aromatic heterocycles. The summed E-state index contributed by atoms with van der Waals surface area (Å²) in [5, 5.41) is 2.48. The number of amides is 1. The van der Waals surface area contributed by atoms with Crippen LogP contribution in [0.5, 0.6) is 0 Å². The van der Waals surface area contributed by atoms with Gasteiger partial charge in [-0.3, -0.25) is 4.57 Å². The van der Waals surface area contributed by atoms with Crippen LogP contribution in [0.2, 0.25) is 0 Å². The minimum absolute atomic E-state index is 0.0447. The Morgan fingerprint density at radius 1 is 1.15 bits per heavy atom. The van der Waals surface area contributed by atoms with Crippen LogP contribution in [-0.2, 0) is 13.8 Å². The highest BCUT2D eigenvalue weighted by molar-refractivity contribution is 7.53. The first-order chi connectivity index (χ1) is 12.6. The fraction of sp³-hybridized carbons (Fsp3) is 0.316. The van der Waals surface area contributed by atoms with Gasteiger partial charge in [0.2, 0.25) is 0 Å². The maximum absolute atomic E-state index is 12.2. The van der Waals surface area contributed by atoms with Crippen molar-refractivity contribution in [3.05, 3.63) is 59.7 Å². The van der Waals surface area contributed by atoms with Gasteiger partial charge in [0.05, 0.1) is 6.61 Å². The quantitative estimate of drug-likeness (QED) is 0.799. The molecular formula is C19H20NO5P. The molecule has 2 aromatic carbocycles. The topological polar surface area (TPSA) is 84.9 Å². The monoisotopic (exact) mass is 373 g/mol. The van der Waals surface area contributed by atoms with Crippen LogP contribution in [-0.4, -0.2) is 30.0 Å². The molecule has 2 unspecified atom stereocenters. The van der Waals surface area contributed by atoms with E-state index in [1.165, 1.54) is 0 Å². The van der Waals surface area contributed by atoms with Crippen molar-refractivity contribution in [3.8, 4) is 11.1 Å². The molecule has 1 aliphatic heterocycles. The number of rotatable bonds is 3. The van der Waals surface area contributed by atoms with Crippen molar-refractivity contribution < 1.29 is 23.5 Å². The number of benzene rings is 2. The van der Waals surface area contributed by atoms with E-state index in [1.807, 2.05) is 36.4 Å². The number of carbonyl (C=O) groups is 1. The van der Waals surface area contributed by atoms with Gasteiger partial charge in [0.1, 0.15) is 12.4 Å². The van der Waals surface area contributed by atoms with Crippen molar-refractivity contribution in [2.75, 3.05) is 13.2 Å². The van der Waals surface area contributed by atoms with Crippen molar-refractivity contribution in [3.63, 3.8) is 0 Å². The Kier molecular flexibility index (Phi) is 4.57. The third kappa shape index (κ3) is 3.16. The van der Waals surface area contributed by atoms with Crippen LogP contribution in [0, 0.1) is 0 Å². The van der Waals surface area contributed by atoms with Crippen LogP contribution in [0.4, 0.5) is 4.79 Å². The van der Waals surface area contributed by atoms with E-state index in [2.05, 4.69) is 17.4 Å². The average Bonchev–Trinajstić information content (AvgIpc) is 2.96. The van der Waals surface area contributed by atoms with Crippen molar-refractivity contribution in [1.82, 2.24) is 5.32 Å². The van der Waals surface area contributed by atoms with Gasteiger partial charge >= 0.3 is 13.7 Å². The van der Waals surface area contributed by atoms with Gasteiger partial charge in [-0.15, -0.1) is 0 Å². The summed E-state index contributed by atoms with van der Waals surface area (Å²) < 4.78 is 22.2. The smallest absolute Gasteiger partial charge is 0.407 e. The molecule has 2 atom stereocenters. The number of ether oxygens (including phenoxy) is 1. The largest absolute Gasteiger partial charge is 0.449 e. The lowest BCUT2D eigenvalue weighted by Crippen LogP contribution is -2.38.